The van der Waals surface area contributed by atoms with Gasteiger partial charge in [-0.15, -0.1) is 0 Å². The highest BCUT2D eigenvalue weighted by atomic mass is 16.5. The van der Waals surface area contributed by atoms with Crippen LogP contribution in [-0.2, 0) is 6.54 Å². The van der Waals surface area contributed by atoms with Gasteiger partial charge >= 0.3 is 0 Å². The van der Waals surface area contributed by atoms with Gasteiger partial charge in [-0.3, -0.25) is 0 Å². The smallest absolute Gasteiger partial charge is 0.231 e. The second-order valence-electron chi connectivity index (χ2n) is 8.82. The van der Waals surface area contributed by atoms with E-state index in [0.29, 0.717) is 40.6 Å². The molecule has 0 amide bonds. The van der Waals surface area contributed by atoms with Crippen LogP contribution in [0.2, 0.25) is 0 Å². The maximum atomic E-state index is 9.31. The molecule has 0 saturated heterocycles. The first-order chi connectivity index (χ1) is 18.5. The zero-order valence-electron chi connectivity index (χ0n) is 21.1. The monoisotopic (exact) mass is 500 g/mol. The number of rotatable bonds is 7. The van der Waals surface area contributed by atoms with Crippen molar-refractivity contribution in [2.75, 3.05) is 17.7 Å². The number of hydrogen-bond donors (Lipinski definition) is 2. The average molecular weight is 501 g/mol. The predicted octanol–water partition coefficient (Wildman–Crippen LogP) is 5.73. The molecule has 186 valence electrons. The van der Waals surface area contributed by atoms with E-state index in [-0.39, 0.29) is 0 Å². The molecular formula is C29H24N8O. The number of imidazole rings is 1. The lowest BCUT2D eigenvalue weighted by atomic mass is 10.1. The van der Waals surface area contributed by atoms with Gasteiger partial charge in [-0.25, -0.2) is 4.98 Å². The Balaban J connectivity index is 1.57. The van der Waals surface area contributed by atoms with Crippen LogP contribution in [0.4, 0.5) is 23.1 Å². The normalized spacial score (nSPS) is 10.6. The van der Waals surface area contributed by atoms with Crippen LogP contribution in [0.15, 0.2) is 67.0 Å². The van der Waals surface area contributed by atoms with Crippen molar-refractivity contribution in [3.05, 3.63) is 94.8 Å². The summed E-state index contributed by atoms with van der Waals surface area (Å²) in [6.07, 6.45) is 1.75. The molecule has 2 aromatic heterocycles. The third-order valence-corrected chi connectivity index (χ3v) is 6.15. The molecule has 2 N–H and O–H groups in total. The molecule has 38 heavy (non-hydrogen) atoms. The Morgan fingerprint density at radius 2 is 1.55 bits per heavy atom. The van der Waals surface area contributed by atoms with Gasteiger partial charge in [0, 0.05) is 11.4 Å². The number of nitriles is 2. The summed E-state index contributed by atoms with van der Waals surface area (Å²) in [5.41, 5.74) is 6.94. The standard InChI is InChI=1S/C29H24N8O/c1-18-12-22(15-31)13-19(2)25(18)34-29-35-27(33-23-8-4-20(14-30)5-9-23)26-28(36-29)37(17-32-26)16-21-6-10-24(38-3)11-7-21/h4-13,17H,16H2,1-3H3,(H2,33,34,35,36). The Labute approximate surface area is 220 Å². The third-order valence-electron chi connectivity index (χ3n) is 6.15. The molecule has 0 saturated carbocycles. The van der Waals surface area contributed by atoms with Crippen molar-refractivity contribution in [1.82, 2.24) is 19.5 Å². The molecule has 0 fully saturated rings. The van der Waals surface area contributed by atoms with Gasteiger partial charge in [0.25, 0.3) is 0 Å². The van der Waals surface area contributed by atoms with Crippen LogP contribution in [0, 0.1) is 36.5 Å². The molecule has 0 atom stereocenters. The van der Waals surface area contributed by atoms with Crippen LogP contribution in [0.5, 0.6) is 5.75 Å². The fraction of sp³-hybridized carbons (Fsp3) is 0.138. The van der Waals surface area contributed by atoms with Crippen molar-refractivity contribution in [2.45, 2.75) is 20.4 Å². The van der Waals surface area contributed by atoms with Gasteiger partial charge < -0.3 is 19.9 Å². The molecule has 0 aliphatic carbocycles. The SMILES string of the molecule is COc1ccc(Cn2cnc3c(Nc4ccc(C#N)cc4)nc(Nc4c(C)cc(C#N)cc4C)nc32)cc1. The summed E-state index contributed by atoms with van der Waals surface area (Å²) in [5.74, 6) is 1.71. The van der Waals surface area contributed by atoms with Crippen LogP contribution in [0.3, 0.4) is 0 Å². The summed E-state index contributed by atoms with van der Waals surface area (Å²) >= 11 is 0. The van der Waals surface area contributed by atoms with E-state index in [4.69, 9.17) is 20.0 Å². The maximum absolute atomic E-state index is 9.31. The van der Waals surface area contributed by atoms with Gasteiger partial charge in [0.15, 0.2) is 17.0 Å². The molecule has 5 rings (SSSR count). The molecule has 0 aliphatic heterocycles. The van der Waals surface area contributed by atoms with E-state index in [9.17, 15) is 5.26 Å². The van der Waals surface area contributed by atoms with Gasteiger partial charge in [0.2, 0.25) is 5.95 Å². The molecule has 9 nitrogen and oxygen atoms in total. The zero-order chi connectivity index (χ0) is 26.6. The zero-order valence-corrected chi connectivity index (χ0v) is 21.1. The van der Waals surface area contributed by atoms with Crippen molar-refractivity contribution < 1.29 is 4.74 Å². The minimum atomic E-state index is 0.390. The second kappa shape index (κ2) is 10.3. The quantitative estimate of drug-likeness (QED) is 0.290. The number of methoxy groups -OCH3 is 1. The molecular weight excluding hydrogens is 476 g/mol. The number of fused-ring (bicyclic) bond motifs is 1. The summed E-state index contributed by atoms with van der Waals surface area (Å²) in [5, 5.41) is 25.1. The summed E-state index contributed by atoms with van der Waals surface area (Å²) in [6.45, 7) is 4.44. The lowest BCUT2D eigenvalue weighted by Gasteiger charge is -2.14. The van der Waals surface area contributed by atoms with Gasteiger partial charge in [0.05, 0.1) is 43.2 Å². The van der Waals surface area contributed by atoms with Crippen LogP contribution >= 0.6 is 0 Å². The Morgan fingerprint density at radius 1 is 0.868 bits per heavy atom. The van der Waals surface area contributed by atoms with Crippen LogP contribution in [0.1, 0.15) is 27.8 Å². The first-order valence-electron chi connectivity index (χ1n) is 11.9. The van der Waals surface area contributed by atoms with Crippen molar-refractivity contribution >= 4 is 34.3 Å². The number of nitrogens with zero attached hydrogens (tertiary/aromatic N) is 6. The van der Waals surface area contributed by atoms with Gasteiger partial charge in [0.1, 0.15) is 5.75 Å². The number of ether oxygens (including phenoxy) is 1. The lowest BCUT2D eigenvalue weighted by Crippen LogP contribution is -2.06. The first-order valence-corrected chi connectivity index (χ1v) is 11.9. The molecule has 0 spiro atoms. The Hall–Kier alpha value is -5.41. The van der Waals surface area contributed by atoms with Crippen LogP contribution in [-0.4, -0.2) is 26.6 Å². The van der Waals surface area contributed by atoms with Crippen molar-refractivity contribution in [3.8, 4) is 17.9 Å². The highest BCUT2D eigenvalue weighted by Gasteiger charge is 2.16. The van der Waals surface area contributed by atoms with Crippen LogP contribution in [0.25, 0.3) is 11.2 Å². The highest BCUT2D eigenvalue weighted by Crippen LogP contribution is 2.29. The van der Waals surface area contributed by atoms with Crippen molar-refractivity contribution in [2.24, 2.45) is 0 Å². The van der Waals surface area contributed by atoms with Gasteiger partial charge in [-0.05, 0) is 79.1 Å². The van der Waals surface area contributed by atoms with E-state index in [2.05, 4.69) is 27.8 Å². The Morgan fingerprint density at radius 3 is 2.18 bits per heavy atom. The minimum absolute atomic E-state index is 0.390. The fourth-order valence-corrected chi connectivity index (χ4v) is 4.23. The first kappa shape index (κ1) is 24.3. The van der Waals surface area contributed by atoms with E-state index in [1.807, 2.05) is 66.9 Å². The number of nitrogens with one attached hydrogen (secondary N) is 2. The van der Waals surface area contributed by atoms with Gasteiger partial charge in [-0.2, -0.15) is 20.5 Å². The van der Waals surface area contributed by atoms with E-state index < -0.39 is 0 Å². The largest absolute Gasteiger partial charge is 0.497 e. The number of benzene rings is 3. The minimum Gasteiger partial charge on any atom is -0.497 e. The highest BCUT2D eigenvalue weighted by molar-refractivity contribution is 5.87. The second-order valence-corrected chi connectivity index (χ2v) is 8.82. The predicted molar refractivity (Wildman–Crippen MR) is 146 cm³/mol. The summed E-state index contributed by atoms with van der Waals surface area (Å²) < 4.78 is 7.24. The number of anilines is 4. The molecule has 0 radical (unpaired) electrons. The Bertz CT molecular complexity index is 1680. The summed E-state index contributed by atoms with van der Waals surface area (Å²) in [6, 6.07) is 23.0. The lowest BCUT2D eigenvalue weighted by molar-refractivity contribution is 0.414. The van der Waals surface area contributed by atoms with Crippen molar-refractivity contribution in [3.63, 3.8) is 0 Å². The number of aromatic nitrogens is 4. The third kappa shape index (κ3) is 4.95. The van der Waals surface area contributed by atoms with E-state index in [1.165, 1.54) is 0 Å². The fourth-order valence-electron chi connectivity index (χ4n) is 4.23. The molecule has 0 bridgehead atoms. The summed E-state index contributed by atoms with van der Waals surface area (Å²) in [7, 11) is 1.64. The van der Waals surface area contributed by atoms with Crippen molar-refractivity contribution in [1.29, 1.82) is 10.5 Å². The van der Waals surface area contributed by atoms with Crippen LogP contribution < -0.4 is 15.4 Å². The maximum Gasteiger partial charge on any atom is 0.231 e. The van der Waals surface area contributed by atoms with E-state index in [1.54, 1.807) is 25.6 Å². The number of hydrogen-bond acceptors (Lipinski definition) is 8. The van der Waals surface area contributed by atoms with Gasteiger partial charge in [-0.1, -0.05) is 12.1 Å². The molecule has 3 aromatic carbocycles. The van der Waals surface area contributed by atoms with E-state index >= 15 is 0 Å². The molecule has 0 unspecified atom stereocenters. The molecule has 0 aliphatic rings. The molecule has 9 heteroatoms. The molecule has 5 aromatic rings. The molecule has 2 heterocycles. The number of aryl methyl sites for hydroxylation is 2. The average Bonchev–Trinajstić information content (AvgIpc) is 3.34. The summed E-state index contributed by atoms with van der Waals surface area (Å²) in [4.78, 5) is 14.2. The van der Waals surface area contributed by atoms with E-state index in [0.717, 1.165) is 33.8 Å². The Kier molecular flexibility index (Phi) is 6.58. The topological polar surface area (TPSA) is 124 Å².